The van der Waals surface area contributed by atoms with E-state index in [1.807, 2.05) is 55.5 Å². The molecule has 0 saturated carbocycles. The fraction of sp³-hybridized carbons (Fsp3) is 0.242. The molecule has 0 fully saturated rings. The van der Waals surface area contributed by atoms with Crippen LogP contribution in [0.3, 0.4) is 0 Å². The van der Waals surface area contributed by atoms with Crippen LogP contribution in [0.15, 0.2) is 87.8 Å². The van der Waals surface area contributed by atoms with Gasteiger partial charge >= 0.3 is 5.97 Å². The Morgan fingerprint density at radius 1 is 1.02 bits per heavy atom. The molecule has 0 unspecified atom stereocenters. The Morgan fingerprint density at radius 2 is 1.81 bits per heavy atom. The number of para-hydroxylation sites is 1. The predicted molar refractivity (Wildman–Crippen MR) is 170 cm³/mol. The maximum atomic E-state index is 14.2. The summed E-state index contributed by atoms with van der Waals surface area (Å²) in [4.78, 5) is 32.9. The van der Waals surface area contributed by atoms with Gasteiger partial charge in [0, 0.05) is 21.2 Å². The normalized spacial score (nSPS) is 14.7. The molecule has 0 spiro atoms. The zero-order valence-electron chi connectivity index (χ0n) is 23.9. The molecular formula is C33H30Cl2N2O5S. The minimum Gasteiger partial charge on any atom is -0.496 e. The molecule has 43 heavy (non-hydrogen) atoms. The topological polar surface area (TPSA) is 79.1 Å². The third-order valence-corrected chi connectivity index (χ3v) is 8.32. The molecule has 222 valence electrons. The maximum absolute atomic E-state index is 14.2. The smallest absolute Gasteiger partial charge is 0.338 e. The molecule has 0 radical (unpaired) electrons. The fourth-order valence-corrected chi connectivity index (χ4v) is 6.40. The molecule has 0 amide bonds. The number of aromatic nitrogens is 1. The molecule has 0 bridgehead atoms. The monoisotopic (exact) mass is 636 g/mol. The van der Waals surface area contributed by atoms with E-state index in [4.69, 9.17) is 42.4 Å². The number of thiazole rings is 1. The molecule has 3 aromatic carbocycles. The van der Waals surface area contributed by atoms with Crippen LogP contribution in [0.1, 0.15) is 49.4 Å². The van der Waals surface area contributed by atoms with Crippen LogP contribution in [-0.2, 0) is 16.1 Å². The molecule has 1 aromatic heterocycles. The minimum atomic E-state index is -0.845. The summed E-state index contributed by atoms with van der Waals surface area (Å²) in [5.74, 6) is 0.569. The van der Waals surface area contributed by atoms with Gasteiger partial charge in [-0.3, -0.25) is 9.36 Å². The lowest BCUT2D eigenvalue weighted by molar-refractivity contribution is -0.139. The van der Waals surface area contributed by atoms with Gasteiger partial charge in [0.05, 0.1) is 29.5 Å². The Morgan fingerprint density at radius 3 is 2.56 bits per heavy atom. The molecule has 1 aliphatic heterocycles. The Hall–Kier alpha value is -3.85. The van der Waals surface area contributed by atoms with E-state index < -0.39 is 12.0 Å². The molecule has 7 nitrogen and oxygen atoms in total. The summed E-state index contributed by atoms with van der Waals surface area (Å²) in [5.41, 5.74) is 2.79. The number of fused-ring (bicyclic) bond motifs is 1. The van der Waals surface area contributed by atoms with Gasteiger partial charge in [0.15, 0.2) is 4.80 Å². The molecule has 0 N–H and O–H groups in total. The van der Waals surface area contributed by atoms with E-state index in [0.717, 1.165) is 17.5 Å². The second-order valence-corrected chi connectivity index (χ2v) is 11.6. The van der Waals surface area contributed by atoms with Crippen molar-refractivity contribution in [1.29, 1.82) is 0 Å². The van der Waals surface area contributed by atoms with Gasteiger partial charge in [0.1, 0.15) is 24.1 Å². The van der Waals surface area contributed by atoms with E-state index in [0.29, 0.717) is 60.7 Å². The highest BCUT2D eigenvalue weighted by atomic mass is 35.5. The first-order valence-corrected chi connectivity index (χ1v) is 15.4. The molecular weight excluding hydrogens is 607 g/mol. The molecule has 10 heteroatoms. The van der Waals surface area contributed by atoms with Crippen molar-refractivity contribution in [3.8, 4) is 11.5 Å². The predicted octanol–water partition coefficient (Wildman–Crippen LogP) is 6.47. The van der Waals surface area contributed by atoms with Crippen molar-refractivity contribution in [3.63, 3.8) is 0 Å². The van der Waals surface area contributed by atoms with E-state index >= 15 is 0 Å². The summed E-state index contributed by atoms with van der Waals surface area (Å²) < 4.78 is 19.3. The number of rotatable bonds is 10. The van der Waals surface area contributed by atoms with Crippen molar-refractivity contribution >= 4 is 46.6 Å². The van der Waals surface area contributed by atoms with Crippen molar-refractivity contribution in [2.75, 3.05) is 13.7 Å². The van der Waals surface area contributed by atoms with Crippen molar-refractivity contribution < 1.29 is 19.0 Å². The number of allylic oxidation sites excluding steroid dienone is 1. The van der Waals surface area contributed by atoms with Gasteiger partial charge in [-0.25, -0.2) is 9.79 Å². The van der Waals surface area contributed by atoms with Gasteiger partial charge in [-0.05, 0) is 61.4 Å². The van der Waals surface area contributed by atoms with Crippen molar-refractivity contribution in [2.45, 2.75) is 39.3 Å². The molecule has 5 rings (SSSR count). The van der Waals surface area contributed by atoms with Gasteiger partial charge in [0.25, 0.3) is 5.56 Å². The Labute approximate surface area is 263 Å². The highest BCUT2D eigenvalue weighted by molar-refractivity contribution is 7.07. The number of nitrogens with zero attached hydrogens (tertiary/aromatic N) is 2. The number of carbonyl (C=O) groups is 1. The number of carbonyl (C=O) groups excluding carboxylic acids is 1. The lowest BCUT2D eigenvalue weighted by Crippen LogP contribution is -2.40. The number of ether oxygens (including phenoxy) is 3. The SMILES string of the molecule is CCCC1=C(C(=O)OCC)[C@@H](c2cc(Cl)ccc2OC)n2c(s/c(=C/c3ccccc3OCc3cccc(Cl)c3)c2=O)=N1. The number of esters is 1. The molecule has 2 heterocycles. The molecule has 1 aliphatic rings. The maximum Gasteiger partial charge on any atom is 0.338 e. The summed E-state index contributed by atoms with van der Waals surface area (Å²) in [6.07, 6.45) is 3.06. The largest absolute Gasteiger partial charge is 0.496 e. The second-order valence-electron chi connectivity index (χ2n) is 9.76. The van der Waals surface area contributed by atoms with E-state index in [2.05, 4.69) is 0 Å². The van der Waals surface area contributed by atoms with Crippen LogP contribution in [0.25, 0.3) is 6.08 Å². The number of hydrogen-bond donors (Lipinski definition) is 0. The van der Waals surface area contributed by atoms with Gasteiger partial charge in [-0.1, -0.05) is 78.2 Å². The van der Waals surface area contributed by atoms with Crippen LogP contribution < -0.4 is 24.4 Å². The van der Waals surface area contributed by atoms with E-state index in [-0.39, 0.29) is 12.2 Å². The Kier molecular flexibility index (Phi) is 9.70. The highest BCUT2D eigenvalue weighted by Crippen LogP contribution is 2.38. The zero-order chi connectivity index (χ0) is 30.5. The van der Waals surface area contributed by atoms with Gasteiger partial charge < -0.3 is 14.2 Å². The zero-order valence-corrected chi connectivity index (χ0v) is 26.3. The molecule has 4 aromatic rings. The van der Waals surface area contributed by atoms with E-state index in [1.165, 1.54) is 23.0 Å². The summed E-state index contributed by atoms with van der Waals surface area (Å²) in [6.45, 7) is 4.24. The van der Waals surface area contributed by atoms with Crippen LogP contribution in [0, 0.1) is 0 Å². The van der Waals surface area contributed by atoms with Crippen molar-refractivity contribution in [1.82, 2.24) is 4.57 Å². The first-order chi connectivity index (χ1) is 20.8. The number of hydrogen-bond acceptors (Lipinski definition) is 7. The van der Waals surface area contributed by atoms with E-state index in [1.54, 1.807) is 31.2 Å². The lowest BCUT2D eigenvalue weighted by Gasteiger charge is -2.27. The van der Waals surface area contributed by atoms with Crippen LogP contribution >= 0.6 is 34.5 Å². The molecule has 0 aliphatic carbocycles. The van der Waals surface area contributed by atoms with Crippen LogP contribution in [0.4, 0.5) is 0 Å². The average Bonchev–Trinajstić information content (AvgIpc) is 3.30. The van der Waals surface area contributed by atoms with Crippen LogP contribution in [-0.4, -0.2) is 24.3 Å². The molecule has 0 saturated heterocycles. The Balaban J connectivity index is 1.67. The number of halogens is 2. The van der Waals surface area contributed by atoms with Crippen molar-refractivity contribution in [2.24, 2.45) is 4.99 Å². The van der Waals surface area contributed by atoms with Gasteiger partial charge in [-0.2, -0.15) is 0 Å². The summed E-state index contributed by atoms with van der Waals surface area (Å²) in [6, 6.07) is 19.3. The third-order valence-electron chi connectivity index (χ3n) is 6.87. The standard InChI is InChI=1S/C33H30Cl2N2O5S/c1-4-9-25-29(32(39)41-5-2)30(24-18-23(35)14-15-27(24)40-3)37-31(38)28(43-33(37)36-25)17-21-11-6-7-13-26(21)42-19-20-10-8-12-22(34)16-20/h6-8,10-18,30H,4-5,9,19H2,1-3H3/b28-17+/t30-/m1/s1. The highest BCUT2D eigenvalue weighted by Gasteiger charge is 2.36. The van der Waals surface area contributed by atoms with E-state index in [9.17, 15) is 9.59 Å². The van der Waals surface area contributed by atoms with Gasteiger partial charge in [0.2, 0.25) is 0 Å². The average molecular weight is 638 g/mol. The van der Waals surface area contributed by atoms with Crippen molar-refractivity contribution in [3.05, 3.63) is 124 Å². The quantitative estimate of drug-likeness (QED) is 0.186. The minimum absolute atomic E-state index is 0.178. The summed E-state index contributed by atoms with van der Waals surface area (Å²) in [7, 11) is 1.54. The van der Waals surface area contributed by atoms with Crippen LogP contribution in [0.2, 0.25) is 10.0 Å². The second kappa shape index (κ2) is 13.6. The third kappa shape index (κ3) is 6.56. The summed E-state index contributed by atoms with van der Waals surface area (Å²) in [5, 5.41) is 1.08. The molecule has 1 atom stereocenters. The lowest BCUT2D eigenvalue weighted by atomic mass is 9.93. The number of benzene rings is 3. The first-order valence-electron chi connectivity index (χ1n) is 13.9. The fourth-order valence-electron chi connectivity index (χ4n) is 4.99. The summed E-state index contributed by atoms with van der Waals surface area (Å²) >= 11 is 13.8. The first kappa shape index (κ1) is 30.6. The Bertz CT molecular complexity index is 1880. The number of methoxy groups -OCH3 is 1. The van der Waals surface area contributed by atoms with Crippen LogP contribution in [0.5, 0.6) is 11.5 Å². The van der Waals surface area contributed by atoms with Gasteiger partial charge in [-0.15, -0.1) is 0 Å².